The fraction of sp³-hybridized carbons (Fsp3) is 0.429. The lowest BCUT2D eigenvalue weighted by Gasteiger charge is -2.18. The number of aryl methyl sites for hydroxylation is 2. The Bertz CT molecular complexity index is 1040. The number of hydrogen-bond donors (Lipinski definition) is 3. The summed E-state index contributed by atoms with van der Waals surface area (Å²) < 4.78 is 10.7. The SMILES string of the molecule is COc1ccc2c(C)c(CC(=O)NCC(=O)N[C@H](C(=O)O)C(C)C)c(=O)oc2c1C. The molecule has 3 N–H and O–H groups in total. The minimum atomic E-state index is -1.15. The summed E-state index contributed by atoms with van der Waals surface area (Å²) in [4.78, 5) is 47.8. The lowest BCUT2D eigenvalue weighted by atomic mass is 10.0. The Balaban J connectivity index is 2.13. The van der Waals surface area contributed by atoms with E-state index < -0.39 is 36.0 Å². The molecule has 0 unspecified atom stereocenters. The largest absolute Gasteiger partial charge is 0.496 e. The van der Waals surface area contributed by atoms with Gasteiger partial charge in [0.25, 0.3) is 0 Å². The molecule has 2 amide bonds. The normalized spacial score (nSPS) is 11.9. The molecular formula is C21H26N2O7. The Morgan fingerprint density at radius 2 is 1.80 bits per heavy atom. The lowest BCUT2D eigenvalue weighted by Crippen LogP contribution is -2.48. The van der Waals surface area contributed by atoms with E-state index in [1.807, 2.05) is 0 Å². The minimum absolute atomic E-state index is 0.190. The van der Waals surface area contributed by atoms with E-state index in [-0.39, 0.29) is 17.9 Å². The van der Waals surface area contributed by atoms with Crippen LogP contribution in [0.2, 0.25) is 0 Å². The van der Waals surface area contributed by atoms with E-state index in [4.69, 9.17) is 14.3 Å². The fourth-order valence-corrected chi connectivity index (χ4v) is 3.14. The van der Waals surface area contributed by atoms with E-state index in [2.05, 4.69) is 10.6 Å². The van der Waals surface area contributed by atoms with Gasteiger partial charge >= 0.3 is 11.6 Å². The Hall–Kier alpha value is -3.36. The number of aliphatic carboxylic acids is 1. The number of nitrogens with one attached hydrogen (secondary N) is 2. The summed E-state index contributed by atoms with van der Waals surface area (Å²) in [7, 11) is 1.52. The number of amides is 2. The maximum absolute atomic E-state index is 12.4. The fourth-order valence-electron chi connectivity index (χ4n) is 3.14. The van der Waals surface area contributed by atoms with Crippen LogP contribution in [0.5, 0.6) is 5.75 Å². The molecule has 0 aliphatic heterocycles. The highest BCUT2D eigenvalue weighted by Crippen LogP contribution is 2.29. The summed E-state index contributed by atoms with van der Waals surface area (Å²) >= 11 is 0. The first-order valence-electron chi connectivity index (χ1n) is 9.45. The van der Waals surface area contributed by atoms with Crippen LogP contribution in [0.1, 0.15) is 30.5 Å². The third kappa shape index (κ3) is 4.97. The van der Waals surface area contributed by atoms with Crippen LogP contribution in [0.4, 0.5) is 0 Å². The zero-order chi connectivity index (χ0) is 22.6. The van der Waals surface area contributed by atoms with E-state index >= 15 is 0 Å². The van der Waals surface area contributed by atoms with Crippen molar-refractivity contribution in [2.45, 2.75) is 40.2 Å². The van der Waals surface area contributed by atoms with Crippen LogP contribution >= 0.6 is 0 Å². The Labute approximate surface area is 173 Å². The monoisotopic (exact) mass is 418 g/mol. The summed E-state index contributed by atoms with van der Waals surface area (Å²) in [6.07, 6.45) is -0.269. The highest BCUT2D eigenvalue weighted by molar-refractivity contribution is 5.90. The molecule has 1 aromatic carbocycles. The van der Waals surface area contributed by atoms with Gasteiger partial charge in [-0.05, 0) is 37.5 Å². The number of fused-ring (bicyclic) bond motifs is 1. The van der Waals surface area contributed by atoms with Crippen LogP contribution in [0, 0.1) is 19.8 Å². The summed E-state index contributed by atoms with van der Waals surface area (Å²) in [5, 5.41) is 14.6. The number of ether oxygens (including phenoxy) is 1. The number of carboxylic acids is 1. The second-order valence-electron chi connectivity index (χ2n) is 7.34. The number of carboxylic acid groups (broad SMARTS) is 1. The number of hydrogen-bond acceptors (Lipinski definition) is 6. The lowest BCUT2D eigenvalue weighted by molar-refractivity contribution is -0.143. The van der Waals surface area contributed by atoms with Crippen molar-refractivity contribution >= 4 is 28.8 Å². The predicted octanol–water partition coefficient (Wildman–Crippen LogP) is 1.30. The van der Waals surface area contributed by atoms with Crippen molar-refractivity contribution in [3.63, 3.8) is 0 Å². The standard InChI is InChI=1S/C21H26N2O7/c1-10(2)18(20(26)27)23-17(25)9-22-16(24)8-14-11(3)13-6-7-15(29-5)12(4)19(13)30-21(14)28/h6-7,10,18H,8-9H2,1-5H3,(H,22,24)(H,23,25)(H,26,27)/t18-/m0/s1. The third-order valence-corrected chi connectivity index (χ3v) is 4.91. The van der Waals surface area contributed by atoms with Crippen LogP contribution in [0.15, 0.2) is 21.3 Å². The Kier molecular flexibility index (Phi) is 7.20. The molecule has 9 heteroatoms. The number of rotatable bonds is 8. The van der Waals surface area contributed by atoms with Crippen molar-refractivity contribution in [3.8, 4) is 5.75 Å². The van der Waals surface area contributed by atoms with Gasteiger partial charge < -0.3 is 24.9 Å². The maximum Gasteiger partial charge on any atom is 0.340 e. The molecule has 9 nitrogen and oxygen atoms in total. The van der Waals surface area contributed by atoms with Gasteiger partial charge in [-0.2, -0.15) is 0 Å². The smallest absolute Gasteiger partial charge is 0.340 e. The zero-order valence-electron chi connectivity index (χ0n) is 17.6. The molecule has 0 aliphatic rings. The van der Waals surface area contributed by atoms with E-state index in [9.17, 15) is 19.2 Å². The first kappa shape index (κ1) is 22.9. The van der Waals surface area contributed by atoms with Crippen molar-refractivity contribution in [1.82, 2.24) is 10.6 Å². The van der Waals surface area contributed by atoms with E-state index in [1.165, 1.54) is 7.11 Å². The summed E-state index contributed by atoms with van der Waals surface area (Å²) in [6.45, 7) is 6.42. The molecule has 1 heterocycles. The average Bonchev–Trinajstić information content (AvgIpc) is 2.68. The van der Waals surface area contributed by atoms with Crippen LogP contribution in [0.3, 0.4) is 0 Å². The molecule has 0 bridgehead atoms. The highest BCUT2D eigenvalue weighted by atomic mass is 16.5. The molecule has 162 valence electrons. The van der Waals surface area contributed by atoms with Gasteiger partial charge in [-0.25, -0.2) is 9.59 Å². The highest BCUT2D eigenvalue weighted by Gasteiger charge is 2.23. The molecule has 2 aromatic rings. The van der Waals surface area contributed by atoms with Crippen molar-refractivity contribution in [2.24, 2.45) is 5.92 Å². The first-order valence-corrected chi connectivity index (χ1v) is 9.45. The van der Waals surface area contributed by atoms with Crippen molar-refractivity contribution < 1.29 is 28.6 Å². The molecule has 0 radical (unpaired) electrons. The topological polar surface area (TPSA) is 135 Å². The predicted molar refractivity (Wildman–Crippen MR) is 110 cm³/mol. The molecule has 1 atom stereocenters. The van der Waals surface area contributed by atoms with Crippen LogP contribution in [0.25, 0.3) is 11.0 Å². The van der Waals surface area contributed by atoms with Crippen LogP contribution in [-0.4, -0.2) is 42.6 Å². The molecular weight excluding hydrogens is 392 g/mol. The molecule has 0 spiro atoms. The van der Waals surface area contributed by atoms with Gasteiger partial charge in [-0.3, -0.25) is 9.59 Å². The van der Waals surface area contributed by atoms with E-state index in [1.54, 1.807) is 39.8 Å². The molecule has 0 saturated heterocycles. The third-order valence-electron chi connectivity index (χ3n) is 4.91. The van der Waals surface area contributed by atoms with E-state index in [0.717, 1.165) is 0 Å². The van der Waals surface area contributed by atoms with Gasteiger partial charge in [0.15, 0.2) is 0 Å². The van der Waals surface area contributed by atoms with Crippen molar-refractivity contribution in [1.29, 1.82) is 0 Å². The van der Waals surface area contributed by atoms with Gasteiger partial charge in [-0.15, -0.1) is 0 Å². The van der Waals surface area contributed by atoms with Gasteiger partial charge in [0.2, 0.25) is 11.8 Å². The average molecular weight is 418 g/mol. The summed E-state index contributed by atoms with van der Waals surface area (Å²) in [5.74, 6) is -2.06. The zero-order valence-corrected chi connectivity index (χ0v) is 17.6. The number of carbonyl (C=O) groups is 3. The van der Waals surface area contributed by atoms with Gasteiger partial charge in [0.1, 0.15) is 17.4 Å². The van der Waals surface area contributed by atoms with Crippen molar-refractivity contribution in [2.75, 3.05) is 13.7 Å². The quantitative estimate of drug-likeness (QED) is 0.550. The number of carbonyl (C=O) groups excluding carboxylic acids is 2. The summed E-state index contributed by atoms with van der Waals surface area (Å²) in [5.41, 5.74) is 1.24. The minimum Gasteiger partial charge on any atom is -0.496 e. The molecule has 0 saturated carbocycles. The van der Waals surface area contributed by atoms with Crippen LogP contribution in [-0.2, 0) is 20.8 Å². The molecule has 0 fully saturated rings. The summed E-state index contributed by atoms with van der Waals surface area (Å²) in [6, 6.07) is 2.46. The molecule has 0 aliphatic carbocycles. The first-order chi connectivity index (χ1) is 14.1. The number of benzene rings is 1. The molecule has 30 heavy (non-hydrogen) atoms. The Morgan fingerprint density at radius 1 is 1.13 bits per heavy atom. The Morgan fingerprint density at radius 3 is 2.37 bits per heavy atom. The molecule has 2 rings (SSSR count). The number of methoxy groups -OCH3 is 1. The van der Waals surface area contributed by atoms with Gasteiger partial charge in [0, 0.05) is 10.9 Å². The van der Waals surface area contributed by atoms with Crippen molar-refractivity contribution in [3.05, 3.63) is 39.2 Å². The van der Waals surface area contributed by atoms with Crippen LogP contribution < -0.4 is 21.0 Å². The van der Waals surface area contributed by atoms with Gasteiger partial charge in [0.05, 0.1) is 25.6 Å². The maximum atomic E-state index is 12.4. The second kappa shape index (κ2) is 9.43. The second-order valence-corrected chi connectivity index (χ2v) is 7.34. The molecule has 1 aromatic heterocycles. The van der Waals surface area contributed by atoms with E-state index in [0.29, 0.717) is 27.8 Å². The van der Waals surface area contributed by atoms with Gasteiger partial charge in [-0.1, -0.05) is 13.8 Å².